The van der Waals surface area contributed by atoms with Crippen LogP contribution in [0.25, 0.3) is 0 Å². The monoisotopic (exact) mass is 310 g/mol. The highest BCUT2D eigenvalue weighted by Crippen LogP contribution is 2.30. The number of thioether (sulfide) groups is 1. The van der Waals surface area contributed by atoms with Gasteiger partial charge in [0.25, 0.3) is 0 Å². The van der Waals surface area contributed by atoms with Crippen molar-refractivity contribution in [3.63, 3.8) is 0 Å². The molecule has 4 heteroatoms. The van der Waals surface area contributed by atoms with E-state index in [-0.39, 0.29) is 0 Å². The first kappa shape index (κ1) is 12.8. The predicted molar refractivity (Wildman–Crippen MR) is 77.6 cm³/mol. The molecule has 2 atom stereocenters. The Labute approximate surface area is 115 Å². The van der Waals surface area contributed by atoms with Crippen molar-refractivity contribution in [2.75, 3.05) is 18.0 Å². The normalized spacial score (nSPS) is 24.5. The van der Waals surface area contributed by atoms with Crippen molar-refractivity contribution in [1.82, 2.24) is 0 Å². The van der Waals surface area contributed by atoms with Gasteiger partial charge < -0.3 is 4.90 Å². The van der Waals surface area contributed by atoms with Gasteiger partial charge in [-0.25, -0.2) is 0 Å². The van der Waals surface area contributed by atoms with E-state index in [1.807, 2.05) is 23.9 Å². The highest BCUT2D eigenvalue weighted by Gasteiger charge is 2.22. The highest BCUT2D eigenvalue weighted by atomic mass is 79.9. The van der Waals surface area contributed by atoms with Gasteiger partial charge in [-0.1, -0.05) is 29.8 Å². The van der Waals surface area contributed by atoms with E-state index in [0.717, 1.165) is 23.2 Å². The summed E-state index contributed by atoms with van der Waals surface area (Å²) in [5.74, 6) is 0. The molecule has 1 fully saturated rings. The molecule has 1 heterocycles. The lowest BCUT2D eigenvalue weighted by atomic mass is 10.2. The van der Waals surface area contributed by atoms with Gasteiger partial charge in [-0.2, -0.15) is 17.0 Å². The summed E-state index contributed by atoms with van der Waals surface area (Å²) in [5.41, 5.74) is 1.86. The molecule has 1 aromatic rings. The van der Waals surface area contributed by atoms with Crippen molar-refractivity contribution in [2.24, 2.45) is 0 Å². The van der Waals surface area contributed by atoms with E-state index >= 15 is 0 Å². The molecule has 0 aliphatic carbocycles. The van der Waals surface area contributed by atoms with Crippen LogP contribution in [0.15, 0.2) is 22.7 Å². The predicted octanol–water partition coefficient (Wildman–Crippen LogP) is 3.65. The fraction of sp³-hybridized carbons (Fsp3) is 0.462. The molecule has 17 heavy (non-hydrogen) atoms. The number of hydrogen-bond donors (Lipinski definition) is 0. The fourth-order valence-corrected chi connectivity index (χ4v) is 4.02. The molecule has 2 unspecified atom stereocenters. The fourth-order valence-electron chi connectivity index (χ4n) is 2.21. The van der Waals surface area contributed by atoms with Crippen LogP contribution in [0.1, 0.15) is 19.4 Å². The first-order valence-corrected chi connectivity index (χ1v) is 7.43. The quantitative estimate of drug-likeness (QED) is 0.792. The Kier molecular flexibility index (Phi) is 4.01. The lowest BCUT2D eigenvalue weighted by molar-refractivity contribution is 0.728. The summed E-state index contributed by atoms with van der Waals surface area (Å²) in [6.07, 6.45) is 0. The Morgan fingerprint density at radius 3 is 2.53 bits per heavy atom. The van der Waals surface area contributed by atoms with Crippen molar-refractivity contribution in [1.29, 1.82) is 5.26 Å². The number of nitriles is 1. The zero-order valence-corrected chi connectivity index (χ0v) is 12.4. The van der Waals surface area contributed by atoms with Crippen LogP contribution >= 0.6 is 27.7 Å². The molecular formula is C13H15BrN2S. The smallest absolute Gasteiger partial charge is 0.0992 e. The maximum absolute atomic E-state index is 9.00. The molecule has 1 saturated heterocycles. The number of nitrogens with zero attached hydrogens (tertiary/aromatic N) is 2. The van der Waals surface area contributed by atoms with Gasteiger partial charge in [0.05, 0.1) is 11.6 Å². The van der Waals surface area contributed by atoms with E-state index in [0.29, 0.717) is 16.1 Å². The second-order valence-electron chi connectivity index (χ2n) is 4.47. The van der Waals surface area contributed by atoms with Gasteiger partial charge >= 0.3 is 0 Å². The number of benzene rings is 1. The van der Waals surface area contributed by atoms with Crippen molar-refractivity contribution >= 4 is 33.4 Å². The molecular weight excluding hydrogens is 296 g/mol. The standard InChI is InChI=1S/C13H15BrN2S/c1-9-7-16(8-10(2)17-9)13-4-11(6-15)3-12(14)5-13/h3-5,9-10H,7-8H2,1-2H3. The maximum Gasteiger partial charge on any atom is 0.0992 e. The third kappa shape index (κ3) is 3.17. The molecule has 1 aliphatic heterocycles. The number of rotatable bonds is 1. The maximum atomic E-state index is 9.00. The minimum Gasteiger partial charge on any atom is -0.369 e. The van der Waals surface area contributed by atoms with Gasteiger partial charge in [0, 0.05) is 33.7 Å². The van der Waals surface area contributed by atoms with Crippen LogP contribution in [0.2, 0.25) is 0 Å². The SMILES string of the molecule is CC1CN(c2cc(Br)cc(C#N)c2)CC(C)S1. The van der Waals surface area contributed by atoms with Crippen LogP contribution in [0.4, 0.5) is 5.69 Å². The molecule has 0 N–H and O–H groups in total. The van der Waals surface area contributed by atoms with Gasteiger partial charge in [0.15, 0.2) is 0 Å². The van der Waals surface area contributed by atoms with Crippen LogP contribution < -0.4 is 4.90 Å². The Bertz CT molecular complexity index is 445. The molecule has 1 aromatic carbocycles. The first-order chi connectivity index (χ1) is 8.08. The molecule has 0 bridgehead atoms. The summed E-state index contributed by atoms with van der Waals surface area (Å²) < 4.78 is 0.977. The molecule has 0 saturated carbocycles. The summed E-state index contributed by atoms with van der Waals surface area (Å²) >= 11 is 5.50. The van der Waals surface area contributed by atoms with Gasteiger partial charge in [-0.15, -0.1) is 0 Å². The third-order valence-corrected chi connectivity index (χ3v) is 4.48. The van der Waals surface area contributed by atoms with E-state index in [2.05, 4.69) is 46.8 Å². The molecule has 0 amide bonds. The molecule has 1 aliphatic rings. The van der Waals surface area contributed by atoms with Crippen LogP contribution in [-0.4, -0.2) is 23.6 Å². The summed E-state index contributed by atoms with van der Waals surface area (Å²) in [6.45, 7) is 6.62. The number of halogens is 1. The summed E-state index contributed by atoms with van der Waals surface area (Å²) in [7, 11) is 0. The van der Waals surface area contributed by atoms with E-state index in [1.54, 1.807) is 0 Å². The van der Waals surface area contributed by atoms with Gasteiger partial charge in [-0.05, 0) is 18.2 Å². The minimum absolute atomic E-state index is 0.642. The third-order valence-electron chi connectivity index (χ3n) is 2.80. The average Bonchev–Trinajstić information content (AvgIpc) is 2.26. The minimum atomic E-state index is 0.642. The molecule has 90 valence electrons. The van der Waals surface area contributed by atoms with Crippen molar-refractivity contribution < 1.29 is 0 Å². The molecule has 0 radical (unpaired) electrons. The summed E-state index contributed by atoms with van der Waals surface area (Å²) in [6, 6.07) is 8.13. The van der Waals surface area contributed by atoms with Crippen molar-refractivity contribution in [2.45, 2.75) is 24.3 Å². The van der Waals surface area contributed by atoms with E-state index < -0.39 is 0 Å². The van der Waals surface area contributed by atoms with E-state index in [4.69, 9.17) is 5.26 Å². The lowest BCUT2D eigenvalue weighted by Crippen LogP contribution is -2.40. The van der Waals surface area contributed by atoms with Crippen LogP contribution in [-0.2, 0) is 0 Å². The molecule has 0 aromatic heterocycles. The molecule has 2 nitrogen and oxygen atoms in total. The lowest BCUT2D eigenvalue weighted by Gasteiger charge is -2.36. The van der Waals surface area contributed by atoms with Crippen molar-refractivity contribution in [3.05, 3.63) is 28.2 Å². The van der Waals surface area contributed by atoms with Crippen LogP contribution in [0.3, 0.4) is 0 Å². The average molecular weight is 311 g/mol. The largest absolute Gasteiger partial charge is 0.369 e. The molecule has 0 spiro atoms. The Morgan fingerprint density at radius 2 is 1.94 bits per heavy atom. The number of anilines is 1. The first-order valence-electron chi connectivity index (χ1n) is 5.69. The van der Waals surface area contributed by atoms with Gasteiger partial charge in [0.1, 0.15) is 0 Å². The van der Waals surface area contributed by atoms with Crippen LogP contribution in [0, 0.1) is 11.3 Å². The highest BCUT2D eigenvalue weighted by molar-refractivity contribution is 9.10. The topological polar surface area (TPSA) is 27.0 Å². The Hall–Kier alpha value is -0.660. The second-order valence-corrected chi connectivity index (χ2v) is 7.27. The van der Waals surface area contributed by atoms with Gasteiger partial charge in [0.2, 0.25) is 0 Å². The Balaban J connectivity index is 2.27. The van der Waals surface area contributed by atoms with E-state index in [1.165, 1.54) is 0 Å². The van der Waals surface area contributed by atoms with Crippen LogP contribution in [0.5, 0.6) is 0 Å². The van der Waals surface area contributed by atoms with E-state index in [9.17, 15) is 0 Å². The van der Waals surface area contributed by atoms with Crippen molar-refractivity contribution in [3.8, 4) is 6.07 Å². The second kappa shape index (κ2) is 5.32. The summed E-state index contributed by atoms with van der Waals surface area (Å²) in [5, 5.41) is 10.3. The number of hydrogen-bond acceptors (Lipinski definition) is 3. The van der Waals surface area contributed by atoms with Gasteiger partial charge in [-0.3, -0.25) is 0 Å². The molecule has 2 rings (SSSR count). The summed E-state index contributed by atoms with van der Waals surface area (Å²) in [4.78, 5) is 2.37. The zero-order valence-electron chi connectivity index (χ0n) is 9.98. The Morgan fingerprint density at radius 1 is 1.29 bits per heavy atom. The zero-order chi connectivity index (χ0) is 12.4.